The predicted octanol–water partition coefficient (Wildman–Crippen LogP) is 2.63. The first kappa shape index (κ1) is 10.4. The summed E-state index contributed by atoms with van der Waals surface area (Å²) in [6.45, 7) is 0. The van der Waals surface area contributed by atoms with E-state index in [1.807, 2.05) is 0 Å². The second-order valence-corrected chi connectivity index (χ2v) is 4.17. The Morgan fingerprint density at radius 3 is 2.87 bits per heavy atom. The van der Waals surface area contributed by atoms with Gasteiger partial charge in [0.05, 0.1) is 7.11 Å². The fourth-order valence-electron chi connectivity index (χ4n) is 1.83. The van der Waals surface area contributed by atoms with Gasteiger partial charge in [0, 0.05) is 11.6 Å². The van der Waals surface area contributed by atoms with Gasteiger partial charge in [-0.25, -0.2) is 4.39 Å². The summed E-state index contributed by atoms with van der Waals surface area (Å²) >= 11 is 0. The third-order valence-corrected chi connectivity index (χ3v) is 2.88. The highest BCUT2D eigenvalue weighted by molar-refractivity contribution is 5.36. The lowest BCUT2D eigenvalue weighted by Crippen LogP contribution is -2.12. The first-order chi connectivity index (χ1) is 7.20. The maximum Gasteiger partial charge on any atom is 0.123 e. The lowest BCUT2D eigenvalue weighted by atomic mass is 10.0. The van der Waals surface area contributed by atoms with E-state index in [-0.39, 0.29) is 11.9 Å². The van der Waals surface area contributed by atoms with Crippen LogP contribution in [0.15, 0.2) is 18.2 Å². The number of methoxy groups -OCH3 is 1. The molecular formula is C12H16FNO. The summed E-state index contributed by atoms with van der Waals surface area (Å²) in [7, 11) is 1.58. The molecule has 1 aliphatic rings. The standard InChI is InChI=1S/C12H16FNO/c1-15-12-5-4-9(13)7-10(12)11(14)6-8-2-3-8/h4-5,7-8,11H,2-3,6,14H2,1H3. The Balaban J connectivity index is 2.18. The molecule has 0 bridgehead atoms. The Hall–Kier alpha value is -1.09. The van der Waals surface area contributed by atoms with Gasteiger partial charge in [0.25, 0.3) is 0 Å². The minimum atomic E-state index is -0.253. The minimum absolute atomic E-state index is 0.108. The molecule has 1 saturated carbocycles. The van der Waals surface area contributed by atoms with Crippen LogP contribution in [0, 0.1) is 11.7 Å². The fourth-order valence-corrected chi connectivity index (χ4v) is 1.83. The average Bonchev–Trinajstić information content (AvgIpc) is 3.01. The van der Waals surface area contributed by atoms with Gasteiger partial charge in [0.2, 0.25) is 0 Å². The van der Waals surface area contributed by atoms with Gasteiger partial charge in [-0.1, -0.05) is 12.8 Å². The highest BCUT2D eigenvalue weighted by Crippen LogP contribution is 2.38. The molecule has 3 heteroatoms. The molecule has 1 atom stereocenters. The van der Waals surface area contributed by atoms with E-state index in [0.29, 0.717) is 5.75 Å². The van der Waals surface area contributed by atoms with Gasteiger partial charge >= 0.3 is 0 Å². The molecule has 0 aromatic heterocycles. The van der Waals surface area contributed by atoms with Crippen LogP contribution in [0.3, 0.4) is 0 Å². The van der Waals surface area contributed by atoms with E-state index in [9.17, 15) is 4.39 Å². The highest BCUT2D eigenvalue weighted by Gasteiger charge is 2.25. The Morgan fingerprint density at radius 1 is 1.53 bits per heavy atom. The first-order valence-electron chi connectivity index (χ1n) is 5.29. The number of hydrogen-bond donors (Lipinski definition) is 1. The normalized spacial score (nSPS) is 17.5. The van der Waals surface area contributed by atoms with Crippen LogP contribution in [0.2, 0.25) is 0 Å². The van der Waals surface area contributed by atoms with Crippen LogP contribution in [0.25, 0.3) is 0 Å². The van der Waals surface area contributed by atoms with E-state index >= 15 is 0 Å². The third-order valence-electron chi connectivity index (χ3n) is 2.88. The van der Waals surface area contributed by atoms with Crippen molar-refractivity contribution in [3.8, 4) is 5.75 Å². The van der Waals surface area contributed by atoms with E-state index in [1.54, 1.807) is 13.2 Å². The summed E-state index contributed by atoms with van der Waals surface area (Å²) in [5, 5.41) is 0. The fraction of sp³-hybridized carbons (Fsp3) is 0.500. The van der Waals surface area contributed by atoms with Gasteiger partial charge in [-0.05, 0) is 30.5 Å². The maximum atomic E-state index is 13.1. The molecule has 2 rings (SSSR count). The van der Waals surface area contributed by atoms with E-state index in [4.69, 9.17) is 10.5 Å². The van der Waals surface area contributed by atoms with Gasteiger partial charge in [-0.15, -0.1) is 0 Å². The minimum Gasteiger partial charge on any atom is -0.496 e. The zero-order chi connectivity index (χ0) is 10.8. The molecule has 1 aromatic carbocycles. The summed E-state index contributed by atoms with van der Waals surface area (Å²) in [5.74, 6) is 1.16. The summed E-state index contributed by atoms with van der Waals surface area (Å²) in [6, 6.07) is 4.40. The Kier molecular flexibility index (Phi) is 2.91. The molecule has 2 N–H and O–H groups in total. The number of nitrogens with two attached hydrogens (primary N) is 1. The van der Waals surface area contributed by atoms with Gasteiger partial charge in [-0.3, -0.25) is 0 Å². The van der Waals surface area contributed by atoms with Crippen molar-refractivity contribution in [2.24, 2.45) is 11.7 Å². The van der Waals surface area contributed by atoms with Crippen LogP contribution < -0.4 is 10.5 Å². The molecule has 0 radical (unpaired) electrons. The number of ether oxygens (including phenoxy) is 1. The van der Waals surface area contributed by atoms with Crippen molar-refractivity contribution in [1.82, 2.24) is 0 Å². The van der Waals surface area contributed by atoms with Crippen molar-refractivity contribution in [2.45, 2.75) is 25.3 Å². The van der Waals surface area contributed by atoms with Crippen molar-refractivity contribution in [2.75, 3.05) is 7.11 Å². The van der Waals surface area contributed by atoms with Crippen LogP contribution >= 0.6 is 0 Å². The Labute approximate surface area is 89.2 Å². The summed E-state index contributed by atoms with van der Waals surface area (Å²) in [4.78, 5) is 0. The molecule has 0 heterocycles. The zero-order valence-electron chi connectivity index (χ0n) is 8.87. The predicted molar refractivity (Wildman–Crippen MR) is 57.2 cm³/mol. The van der Waals surface area contributed by atoms with Crippen molar-refractivity contribution < 1.29 is 9.13 Å². The SMILES string of the molecule is COc1ccc(F)cc1C(N)CC1CC1. The third kappa shape index (κ3) is 2.48. The molecule has 0 amide bonds. The largest absolute Gasteiger partial charge is 0.496 e. The van der Waals surface area contributed by atoms with E-state index in [2.05, 4.69) is 0 Å². The Morgan fingerprint density at radius 2 is 2.27 bits per heavy atom. The van der Waals surface area contributed by atoms with Crippen molar-refractivity contribution in [3.63, 3.8) is 0 Å². The lowest BCUT2D eigenvalue weighted by molar-refractivity contribution is 0.401. The molecule has 15 heavy (non-hydrogen) atoms. The molecule has 1 unspecified atom stereocenters. The van der Waals surface area contributed by atoms with Crippen molar-refractivity contribution in [3.05, 3.63) is 29.6 Å². The zero-order valence-corrected chi connectivity index (χ0v) is 8.87. The molecule has 82 valence electrons. The van der Waals surface area contributed by atoms with Gasteiger partial charge in [0.15, 0.2) is 0 Å². The van der Waals surface area contributed by atoms with Gasteiger partial charge in [-0.2, -0.15) is 0 Å². The van der Waals surface area contributed by atoms with E-state index in [1.165, 1.54) is 25.0 Å². The van der Waals surface area contributed by atoms with Gasteiger partial charge in [0.1, 0.15) is 11.6 Å². The quantitative estimate of drug-likeness (QED) is 0.827. The molecule has 1 aromatic rings. The molecule has 1 fully saturated rings. The molecule has 2 nitrogen and oxygen atoms in total. The van der Waals surface area contributed by atoms with Crippen LogP contribution in [-0.4, -0.2) is 7.11 Å². The van der Waals surface area contributed by atoms with Gasteiger partial charge < -0.3 is 10.5 Å². The molecule has 0 saturated heterocycles. The highest BCUT2D eigenvalue weighted by atomic mass is 19.1. The lowest BCUT2D eigenvalue weighted by Gasteiger charge is -2.15. The maximum absolute atomic E-state index is 13.1. The van der Waals surface area contributed by atoms with E-state index in [0.717, 1.165) is 17.9 Å². The number of rotatable bonds is 4. The van der Waals surface area contributed by atoms with Crippen LogP contribution in [-0.2, 0) is 0 Å². The summed E-state index contributed by atoms with van der Waals surface area (Å²) in [5.41, 5.74) is 6.82. The first-order valence-corrected chi connectivity index (χ1v) is 5.29. The topological polar surface area (TPSA) is 35.2 Å². The van der Waals surface area contributed by atoms with E-state index < -0.39 is 0 Å². The van der Waals surface area contributed by atoms with Crippen LogP contribution in [0.5, 0.6) is 5.75 Å². The second-order valence-electron chi connectivity index (χ2n) is 4.17. The average molecular weight is 209 g/mol. The van der Waals surface area contributed by atoms with Crippen LogP contribution in [0.4, 0.5) is 4.39 Å². The monoisotopic (exact) mass is 209 g/mol. The van der Waals surface area contributed by atoms with Crippen LogP contribution in [0.1, 0.15) is 30.9 Å². The van der Waals surface area contributed by atoms with Crippen molar-refractivity contribution >= 4 is 0 Å². The number of hydrogen-bond acceptors (Lipinski definition) is 2. The molecule has 0 aliphatic heterocycles. The molecule has 1 aliphatic carbocycles. The number of halogens is 1. The summed E-state index contributed by atoms with van der Waals surface area (Å²) in [6.07, 6.45) is 3.44. The molecule has 0 spiro atoms. The smallest absolute Gasteiger partial charge is 0.123 e. The summed E-state index contributed by atoms with van der Waals surface area (Å²) < 4.78 is 18.3. The second kappa shape index (κ2) is 4.19. The van der Waals surface area contributed by atoms with Crippen molar-refractivity contribution in [1.29, 1.82) is 0 Å². The number of benzene rings is 1. The Bertz CT molecular complexity index is 349. The molecular weight excluding hydrogens is 193 g/mol.